The number of nitrogens with one attached hydrogen (secondary N) is 1. The molecule has 0 atom stereocenters. The Labute approximate surface area is 159 Å². The molecule has 4 aromatic carbocycles. The second-order valence-electron chi connectivity index (χ2n) is 6.27. The molecule has 27 heavy (non-hydrogen) atoms. The molecular weight excluding hydrogens is 330 g/mol. The molecule has 0 aliphatic heterocycles. The maximum Gasteiger partial charge on any atom is 0.0696 e. The van der Waals surface area contributed by atoms with Crippen LogP contribution in [0, 0.1) is 0 Å². The van der Waals surface area contributed by atoms with Crippen molar-refractivity contribution in [1.29, 1.82) is 0 Å². The third kappa shape index (κ3) is 3.77. The van der Waals surface area contributed by atoms with Gasteiger partial charge in [0.05, 0.1) is 11.4 Å². The standard InChI is InChI=1S/C24H21N3/c25-19-15-17-20(18-16-19)26-23-13-7-8-14-24(23)27(21-9-3-1-4-10-21)22-11-5-2-6-12-22/h1-18,26H,25H2. The Bertz CT molecular complexity index is 957. The molecule has 0 fully saturated rings. The van der Waals surface area contributed by atoms with Gasteiger partial charge in [0.25, 0.3) is 0 Å². The fraction of sp³-hybridized carbons (Fsp3) is 0. The van der Waals surface area contributed by atoms with Crippen molar-refractivity contribution in [2.24, 2.45) is 0 Å². The van der Waals surface area contributed by atoms with Crippen LogP contribution in [0.15, 0.2) is 109 Å². The lowest BCUT2D eigenvalue weighted by Gasteiger charge is -2.27. The predicted molar refractivity (Wildman–Crippen MR) is 115 cm³/mol. The van der Waals surface area contributed by atoms with E-state index in [-0.39, 0.29) is 0 Å². The highest BCUT2D eigenvalue weighted by molar-refractivity contribution is 5.86. The SMILES string of the molecule is Nc1ccc(Nc2ccccc2N(c2ccccc2)c2ccccc2)cc1. The van der Waals surface area contributed by atoms with E-state index in [9.17, 15) is 0 Å². The number of rotatable bonds is 5. The van der Waals surface area contributed by atoms with Gasteiger partial charge >= 0.3 is 0 Å². The van der Waals surface area contributed by atoms with Crippen molar-refractivity contribution in [3.8, 4) is 0 Å². The molecule has 0 aliphatic rings. The van der Waals surface area contributed by atoms with Crippen molar-refractivity contribution < 1.29 is 0 Å². The van der Waals surface area contributed by atoms with Gasteiger partial charge in [-0.25, -0.2) is 0 Å². The Morgan fingerprint density at radius 1 is 0.556 bits per heavy atom. The van der Waals surface area contributed by atoms with Crippen LogP contribution in [0.4, 0.5) is 34.1 Å². The van der Waals surface area contributed by atoms with Crippen LogP contribution >= 0.6 is 0 Å². The van der Waals surface area contributed by atoms with Gasteiger partial charge in [-0.1, -0.05) is 48.5 Å². The molecule has 3 N–H and O–H groups in total. The molecule has 3 heteroatoms. The van der Waals surface area contributed by atoms with Crippen LogP contribution < -0.4 is 16.0 Å². The average Bonchev–Trinajstić information content (AvgIpc) is 2.73. The number of hydrogen-bond donors (Lipinski definition) is 2. The Balaban J connectivity index is 1.80. The summed E-state index contributed by atoms with van der Waals surface area (Å²) in [4.78, 5) is 2.25. The number of benzene rings is 4. The summed E-state index contributed by atoms with van der Waals surface area (Å²) in [5, 5.41) is 3.52. The smallest absolute Gasteiger partial charge is 0.0696 e. The Hall–Kier alpha value is -3.72. The summed E-state index contributed by atoms with van der Waals surface area (Å²) in [6.07, 6.45) is 0. The van der Waals surface area contributed by atoms with Crippen molar-refractivity contribution in [2.45, 2.75) is 0 Å². The third-order valence-corrected chi connectivity index (χ3v) is 4.36. The molecule has 0 spiro atoms. The van der Waals surface area contributed by atoms with E-state index >= 15 is 0 Å². The van der Waals surface area contributed by atoms with Gasteiger partial charge < -0.3 is 16.0 Å². The summed E-state index contributed by atoms with van der Waals surface area (Å²) in [5.74, 6) is 0. The molecule has 4 rings (SSSR count). The summed E-state index contributed by atoms with van der Waals surface area (Å²) < 4.78 is 0. The number of hydrogen-bond acceptors (Lipinski definition) is 3. The lowest BCUT2D eigenvalue weighted by atomic mass is 10.1. The summed E-state index contributed by atoms with van der Waals surface area (Å²) in [7, 11) is 0. The van der Waals surface area contributed by atoms with Crippen LogP contribution in [-0.4, -0.2) is 0 Å². The summed E-state index contributed by atoms with van der Waals surface area (Å²) in [6.45, 7) is 0. The summed E-state index contributed by atoms with van der Waals surface area (Å²) in [5.41, 5.74) is 11.9. The number of nitrogens with zero attached hydrogens (tertiary/aromatic N) is 1. The minimum Gasteiger partial charge on any atom is -0.399 e. The summed E-state index contributed by atoms with van der Waals surface area (Å²) in [6, 6.07) is 36.8. The fourth-order valence-corrected chi connectivity index (χ4v) is 3.08. The van der Waals surface area contributed by atoms with Gasteiger partial charge in [0, 0.05) is 22.7 Å². The van der Waals surface area contributed by atoms with Crippen LogP contribution in [0.5, 0.6) is 0 Å². The highest BCUT2D eigenvalue weighted by Crippen LogP contribution is 2.39. The maximum absolute atomic E-state index is 5.81. The minimum absolute atomic E-state index is 0.754. The van der Waals surface area contributed by atoms with Crippen LogP contribution in [0.2, 0.25) is 0 Å². The number of anilines is 6. The maximum atomic E-state index is 5.81. The van der Waals surface area contributed by atoms with E-state index in [2.05, 4.69) is 76.9 Å². The molecule has 0 aliphatic carbocycles. The molecule has 0 saturated heterocycles. The van der Waals surface area contributed by atoms with E-state index in [0.717, 1.165) is 34.1 Å². The Morgan fingerprint density at radius 3 is 1.67 bits per heavy atom. The van der Waals surface area contributed by atoms with Gasteiger partial charge in [-0.05, 0) is 60.7 Å². The largest absolute Gasteiger partial charge is 0.399 e. The van der Waals surface area contributed by atoms with Crippen LogP contribution in [-0.2, 0) is 0 Å². The van der Waals surface area contributed by atoms with Gasteiger partial charge in [-0.3, -0.25) is 0 Å². The first-order valence-electron chi connectivity index (χ1n) is 8.93. The Kier molecular flexibility index (Phi) is 4.75. The molecule has 132 valence electrons. The molecule has 0 heterocycles. The normalized spacial score (nSPS) is 10.4. The van der Waals surface area contributed by atoms with E-state index in [1.54, 1.807) is 0 Å². The fourth-order valence-electron chi connectivity index (χ4n) is 3.08. The zero-order valence-corrected chi connectivity index (χ0v) is 14.9. The van der Waals surface area contributed by atoms with Crippen molar-refractivity contribution in [1.82, 2.24) is 0 Å². The van der Waals surface area contributed by atoms with Crippen molar-refractivity contribution >= 4 is 34.1 Å². The lowest BCUT2D eigenvalue weighted by Crippen LogP contribution is -2.11. The molecule has 0 amide bonds. The second kappa shape index (κ2) is 7.67. The average molecular weight is 351 g/mol. The molecule has 0 aromatic heterocycles. The molecule has 0 radical (unpaired) electrons. The van der Waals surface area contributed by atoms with Gasteiger partial charge in [-0.15, -0.1) is 0 Å². The van der Waals surface area contributed by atoms with Crippen LogP contribution in [0.3, 0.4) is 0 Å². The summed E-state index contributed by atoms with van der Waals surface area (Å²) >= 11 is 0. The molecule has 0 unspecified atom stereocenters. The highest BCUT2D eigenvalue weighted by atomic mass is 15.2. The minimum atomic E-state index is 0.754. The first-order chi connectivity index (χ1) is 13.3. The van der Waals surface area contributed by atoms with Crippen molar-refractivity contribution in [3.63, 3.8) is 0 Å². The molecular formula is C24H21N3. The molecule has 0 saturated carbocycles. The van der Waals surface area contributed by atoms with E-state index in [0.29, 0.717) is 0 Å². The van der Waals surface area contributed by atoms with Gasteiger partial charge in [0.15, 0.2) is 0 Å². The monoisotopic (exact) mass is 351 g/mol. The topological polar surface area (TPSA) is 41.3 Å². The molecule has 4 aromatic rings. The van der Waals surface area contributed by atoms with E-state index < -0.39 is 0 Å². The van der Waals surface area contributed by atoms with Crippen LogP contribution in [0.1, 0.15) is 0 Å². The molecule has 3 nitrogen and oxygen atoms in total. The second-order valence-corrected chi connectivity index (χ2v) is 6.27. The molecule has 0 bridgehead atoms. The van der Waals surface area contributed by atoms with Crippen LogP contribution in [0.25, 0.3) is 0 Å². The quantitative estimate of drug-likeness (QED) is 0.404. The van der Waals surface area contributed by atoms with Gasteiger partial charge in [0.1, 0.15) is 0 Å². The van der Waals surface area contributed by atoms with E-state index in [1.165, 1.54) is 0 Å². The Morgan fingerprint density at radius 2 is 1.07 bits per heavy atom. The van der Waals surface area contributed by atoms with E-state index in [4.69, 9.17) is 5.73 Å². The highest BCUT2D eigenvalue weighted by Gasteiger charge is 2.15. The third-order valence-electron chi connectivity index (χ3n) is 4.36. The number of nitrogens with two attached hydrogens (primary N) is 1. The van der Waals surface area contributed by atoms with Crippen molar-refractivity contribution in [3.05, 3.63) is 109 Å². The predicted octanol–water partition coefficient (Wildman–Crippen LogP) is 6.48. The zero-order chi connectivity index (χ0) is 18.5. The number of nitrogen functional groups attached to an aromatic ring is 1. The van der Waals surface area contributed by atoms with E-state index in [1.807, 2.05) is 42.5 Å². The zero-order valence-electron chi connectivity index (χ0n) is 14.9. The van der Waals surface area contributed by atoms with Gasteiger partial charge in [-0.2, -0.15) is 0 Å². The number of para-hydroxylation sites is 4. The van der Waals surface area contributed by atoms with Crippen molar-refractivity contribution in [2.75, 3.05) is 16.0 Å². The first kappa shape index (κ1) is 16.7. The van der Waals surface area contributed by atoms with Gasteiger partial charge in [0.2, 0.25) is 0 Å². The lowest BCUT2D eigenvalue weighted by molar-refractivity contribution is 1.28. The first-order valence-corrected chi connectivity index (χ1v) is 8.93.